The van der Waals surface area contributed by atoms with Crippen LogP contribution < -0.4 is 5.73 Å². The molecule has 0 heterocycles. The van der Waals surface area contributed by atoms with Crippen LogP contribution in [0.1, 0.15) is 12.5 Å². The van der Waals surface area contributed by atoms with E-state index in [0.29, 0.717) is 5.56 Å². The van der Waals surface area contributed by atoms with Gasteiger partial charge in [0.05, 0.1) is 4.92 Å². The van der Waals surface area contributed by atoms with Gasteiger partial charge in [-0.3, -0.25) is 10.1 Å². The van der Waals surface area contributed by atoms with E-state index in [1.54, 1.807) is 13.0 Å². The SMILES string of the molecule is CC#Cc1ccc([N+](=O)[O-])c(N)c1. The normalized spacial score (nSPS) is 8.69. The highest BCUT2D eigenvalue weighted by Crippen LogP contribution is 2.21. The molecule has 0 saturated heterocycles. The molecule has 0 aliphatic carbocycles. The van der Waals surface area contributed by atoms with Gasteiger partial charge in [0.2, 0.25) is 0 Å². The predicted molar refractivity (Wildman–Crippen MR) is 50.1 cm³/mol. The molecule has 4 nitrogen and oxygen atoms in total. The van der Waals surface area contributed by atoms with E-state index in [-0.39, 0.29) is 11.4 Å². The van der Waals surface area contributed by atoms with Gasteiger partial charge in [-0.25, -0.2) is 0 Å². The maximum Gasteiger partial charge on any atom is 0.292 e. The van der Waals surface area contributed by atoms with E-state index in [0.717, 1.165) is 0 Å². The van der Waals surface area contributed by atoms with Crippen LogP contribution in [-0.2, 0) is 0 Å². The fraction of sp³-hybridized carbons (Fsp3) is 0.111. The molecule has 0 aromatic heterocycles. The number of hydrogen-bond acceptors (Lipinski definition) is 3. The average molecular weight is 176 g/mol. The summed E-state index contributed by atoms with van der Waals surface area (Å²) in [5, 5.41) is 10.4. The second kappa shape index (κ2) is 3.59. The number of anilines is 1. The van der Waals surface area contributed by atoms with Crippen molar-refractivity contribution in [2.24, 2.45) is 0 Å². The second-order valence-electron chi connectivity index (χ2n) is 2.41. The van der Waals surface area contributed by atoms with Crippen molar-refractivity contribution in [3.63, 3.8) is 0 Å². The molecule has 0 aliphatic rings. The topological polar surface area (TPSA) is 69.2 Å². The molecule has 0 spiro atoms. The van der Waals surface area contributed by atoms with Gasteiger partial charge in [0.1, 0.15) is 5.69 Å². The summed E-state index contributed by atoms with van der Waals surface area (Å²) in [6.45, 7) is 1.69. The van der Waals surface area contributed by atoms with Crippen LogP contribution in [0.25, 0.3) is 0 Å². The molecule has 13 heavy (non-hydrogen) atoms. The summed E-state index contributed by atoms with van der Waals surface area (Å²) in [5.74, 6) is 5.45. The first-order chi connectivity index (χ1) is 6.15. The van der Waals surface area contributed by atoms with E-state index < -0.39 is 4.92 Å². The minimum Gasteiger partial charge on any atom is -0.393 e. The number of rotatable bonds is 1. The number of nitrogens with two attached hydrogens (primary N) is 1. The van der Waals surface area contributed by atoms with Gasteiger partial charge in [-0.1, -0.05) is 5.92 Å². The summed E-state index contributed by atoms with van der Waals surface area (Å²) < 4.78 is 0. The van der Waals surface area contributed by atoms with Crippen LogP contribution in [0.15, 0.2) is 18.2 Å². The third-order valence-electron chi connectivity index (χ3n) is 1.49. The molecule has 0 unspecified atom stereocenters. The minimum absolute atomic E-state index is 0.0818. The van der Waals surface area contributed by atoms with Crippen molar-refractivity contribution in [3.8, 4) is 11.8 Å². The lowest BCUT2D eigenvalue weighted by Crippen LogP contribution is -1.95. The van der Waals surface area contributed by atoms with Gasteiger partial charge >= 0.3 is 0 Å². The van der Waals surface area contributed by atoms with Crippen LogP contribution in [-0.4, -0.2) is 4.92 Å². The van der Waals surface area contributed by atoms with E-state index in [1.165, 1.54) is 12.1 Å². The Labute approximate surface area is 75.5 Å². The van der Waals surface area contributed by atoms with Gasteiger partial charge in [-0.05, 0) is 19.1 Å². The molecule has 4 heteroatoms. The van der Waals surface area contributed by atoms with E-state index in [1.807, 2.05) is 0 Å². The van der Waals surface area contributed by atoms with Gasteiger partial charge in [-0.2, -0.15) is 0 Å². The van der Waals surface area contributed by atoms with E-state index >= 15 is 0 Å². The highest BCUT2D eigenvalue weighted by Gasteiger charge is 2.09. The molecule has 0 fully saturated rings. The van der Waals surface area contributed by atoms with Crippen LogP contribution in [0.2, 0.25) is 0 Å². The van der Waals surface area contributed by atoms with E-state index in [9.17, 15) is 10.1 Å². The standard InChI is InChI=1S/C9H8N2O2/c1-2-3-7-4-5-9(11(12)13)8(10)6-7/h4-6H,10H2,1H3. The van der Waals surface area contributed by atoms with Gasteiger partial charge < -0.3 is 5.73 Å². The van der Waals surface area contributed by atoms with E-state index in [4.69, 9.17) is 5.73 Å². The number of hydrogen-bond donors (Lipinski definition) is 1. The number of nitro benzene ring substituents is 1. The van der Waals surface area contributed by atoms with E-state index in [2.05, 4.69) is 11.8 Å². The van der Waals surface area contributed by atoms with Crippen LogP contribution in [0.3, 0.4) is 0 Å². The maximum atomic E-state index is 10.4. The fourth-order valence-electron chi connectivity index (χ4n) is 0.943. The van der Waals surface area contributed by atoms with Crippen molar-refractivity contribution < 1.29 is 4.92 Å². The Morgan fingerprint density at radius 2 is 2.23 bits per heavy atom. The largest absolute Gasteiger partial charge is 0.393 e. The van der Waals surface area contributed by atoms with Crippen molar-refractivity contribution in [2.75, 3.05) is 5.73 Å². The second-order valence-corrected chi connectivity index (χ2v) is 2.41. The lowest BCUT2D eigenvalue weighted by atomic mass is 10.2. The predicted octanol–water partition coefficient (Wildman–Crippen LogP) is 1.55. The Morgan fingerprint density at radius 3 is 2.69 bits per heavy atom. The van der Waals surface area contributed by atoms with Gasteiger partial charge in [0, 0.05) is 11.6 Å². The van der Waals surface area contributed by atoms with Gasteiger partial charge in [-0.15, -0.1) is 5.92 Å². The molecule has 0 saturated carbocycles. The van der Waals surface area contributed by atoms with Crippen molar-refractivity contribution >= 4 is 11.4 Å². The molecule has 0 bridgehead atoms. The zero-order chi connectivity index (χ0) is 9.84. The lowest BCUT2D eigenvalue weighted by Gasteiger charge is -1.96. The Kier molecular flexibility index (Phi) is 2.50. The summed E-state index contributed by atoms with van der Waals surface area (Å²) in [6.07, 6.45) is 0. The van der Waals surface area contributed by atoms with Crippen molar-refractivity contribution in [1.29, 1.82) is 0 Å². The Bertz CT molecular complexity index is 402. The van der Waals surface area contributed by atoms with Crippen LogP contribution in [0, 0.1) is 22.0 Å². The molecule has 0 radical (unpaired) electrons. The molecular weight excluding hydrogens is 168 g/mol. The maximum absolute atomic E-state index is 10.4. The average Bonchev–Trinajstić information content (AvgIpc) is 2.04. The number of nitrogen functional groups attached to an aromatic ring is 1. The first-order valence-electron chi connectivity index (χ1n) is 3.62. The third kappa shape index (κ3) is 1.97. The molecule has 0 amide bonds. The molecule has 1 rings (SSSR count). The summed E-state index contributed by atoms with van der Waals surface area (Å²) in [5.41, 5.74) is 6.19. The molecule has 0 aliphatic heterocycles. The summed E-state index contributed by atoms with van der Waals surface area (Å²) in [7, 11) is 0. The van der Waals surface area contributed by atoms with Crippen molar-refractivity contribution in [2.45, 2.75) is 6.92 Å². The lowest BCUT2D eigenvalue weighted by molar-refractivity contribution is -0.383. The molecule has 2 N–H and O–H groups in total. The summed E-state index contributed by atoms with van der Waals surface area (Å²) in [6, 6.07) is 4.43. The quantitative estimate of drug-likeness (QED) is 0.305. The number of nitro groups is 1. The van der Waals surface area contributed by atoms with Crippen LogP contribution in [0.4, 0.5) is 11.4 Å². The zero-order valence-electron chi connectivity index (χ0n) is 7.07. The Morgan fingerprint density at radius 1 is 1.54 bits per heavy atom. The fourth-order valence-corrected chi connectivity index (χ4v) is 0.943. The summed E-state index contributed by atoms with van der Waals surface area (Å²) in [4.78, 5) is 9.87. The van der Waals surface area contributed by atoms with Gasteiger partial charge in [0.25, 0.3) is 5.69 Å². The zero-order valence-corrected chi connectivity index (χ0v) is 7.07. The van der Waals surface area contributed by atoms with Crippen molar-refractivity contribution in [3.05, 3.63) is 33.9 Å². The Hall–Kier alpha value is -2.02. The van der Waals surface area contributed by atoms with Crippen LogP contribution >= 0.6 is 0 Å². The van der Waals surface area contributed by atoms with Crippen LogP contribution in [0.5, 0.6) is 0 Å². The smallest absolute Gasteiger partial charge is 0.292 e. The van der Waals surface area contributed by atoms with Crippen molar-refractivity contribution in [1.82, 2.24) is 0 Å². The number of nitrogens with zero attached hydrogens (tertiary/aromatic N) is 1. The minimum atomic E-state index is -0.515. The molecule has 0 atom stereocenters. The molecule has 66 valence electrons. The highest BCUT2D eigenvalue weighted by atomic mass is 16.6. The van der Waals surface area contributed by atoms with Gasteiger partial charge in [0.15, 0.2) is 0 Å². The number of benzene rings is 1. The molecular formula is C9H8N2O2. The Balaban J connectivity index is 3.17. The summed E-state index contributed by atoms with van der Waals surface area (Å²) >= 11 is 0. The molecule has 1 aromatic rings. The first kappa shape index (κ1) is 9.07. The molecule has 1 aromatic carbocycles. The third-order valence-corrected chi connectivity index (χ3v) is 1.49. The first-order valence-corrected chi connectivity index (χ1v) is 3.62. The monoisotopic (exact) mass is 176 g/mol. The highest BCUT2D eigenvalue weighted by molar-refractivity contribution is 5.61.